The third kappa shape index (κ3) is 2.25. The number of rotatable bonds is 1. The minimum absolute atomic E-state index is 0.0104. The van der Waals surface area contributed by atoms with Crippen molar-refractivity contribution >= 4 is 0 Å². The molecule has 13 heavy (non-hydrogen) atoms. The summed E-state index contributed by atoms with van der Waals surface area (Å²) in [5.41, 5.74) is -0.582. The van der Waals surface area contributed by atoms with Gasteiger partial charge in [0.1, 0.15) is 0 Å². The molecule has 0 saturated carbocycles. The minimum Gasteiger partial charge on any atom is -0.166 e. The van der Waals surface area contributed by atoms with Crippen LogP contribution in [0.3, 0.4) is 0 Å². The summed E-state index contributed by atoms with van der Waals surface area (Å²) < 4.78 is 36.8. The Morgan fingerprint density at radius 3 is 2.69 bits per heavy atom. The molecule has 0 aliphatic carbocycles. The van der Waals surface area contributed by atoms with Gasteiger partial charge in [-0.1, -0.05) is 12.1 Å². The van der Waals surface area contributed by atoms with Crippen LogP contribution in [-0.4, -0.2) is 0 Å². The van der Waals surface area contributed by atoms with E-state index in [1.54, 1.807) is 0 Å². The standard InChI is InChI=1S/C10H6F3/c1-2-5-8-6-3-4-7-9(8)10(11,12)13/h1,3,6-7H,5H2. The Kier molecular flexibility index (Phi) is 2.62. The van der Waals surface area contributed by atoms with E-state index in [1.807, 2.05) is 0 Å². The van der Waals surface area contributed by atoms with Crippen LogP contribution in [0.4, 0.5) is 13.2 Å². The summed E-state index contributed by atoms with van der Waals surface area (Å²) in [4.78, 5) is 0. The quantitative estimate of drug-likeness (QED) is 0.587. The molecule has 0 saturated heterocycles. The molecular formula is C10H6F3. The number of hydrogen-bond donors (Lipinski definition) is 0. The van der Waals surface area contributed by atoms with Crippen molar-refractivity contribution in [1.29, 1.82) is 0 Å². The van der Waals surface area contributed by atoms with Crippen molar-refractivity contribution in [2.24, 2.45) is 0 Å². The minimum atomic E-state index is -4.34. The van der Waals surface area contributed by atoms with Gasteiger partial charge in [-0.25, -0.2) is 0 Å². The molecule has 1 aromatic rings. The first-order valence-corrected chi connectivity index (χ1v) is 3.55. The molecule has 1 rings (SSSR count). The maximum atomic E-state index is 12.3. The van der Waals surface area contributed by atoms with E-state index in [-0.39, 0.29) is 12.0 Å². The highest BCUT2D eigenvalue weighted by Crippen LogP contribution is 2.31. The van der Waals surface area contributed by atoms with Crippen molar-refractivity contribution in [1.82, 2.24) is 0 Å². The third-order valence-electron chi connectivity index (χ3n) is 1.55. The van der Waals surface area contributed by atoms with Crippen LogP contribution in [0.5, 0.6) is 0 Å². The summed E-state index contributed by atoms with van der Waals surface area (Å²) in [6, 6.07) is 6.04. The third-order valence-corrected chi connectivity index (χ3v) is 1.55. The van der Waals surface area contributed by atoms with Crippen LogP contribution in [0.15, 0.2) is 18.2 Å². The van der Waals surface area contributed by atoms with Gasteiger partial charge in [0.05, 0.1) is 5.56 Å². The normalized spacial score (nSPS) is 10.9. The maximum absolute atomic E-state index is 12.3. The van der Waals surface area contributed by atoms with Gasteiger partial charge in [0.2, 0.25) is 0 Å². The second kappa shape index (κ2) is 3.53. The molecule has 0 nitrogen and oxygen atoms in total. The lowest BCUT2D eigenvalue weighted by atomic mass is 10.0. The second-order valence-corrected chi connectivity index (χ2v) is 2.46. The van der Waals surface area contributed by atoms with E-state index in [4.69, 9.17) is 6.42 Å². The first kappa shape index (κ1) is 9.66. The molecule has 0 aromatic heterocycles. The zero-order valence-electron chi connectivity index (χ0n) is 6.65. The Morgan fingerprint density at radius 2 is 2.15 bits per heavy atom. The van der Waals surface area contributed by atoms with Crippen LogP contribution in [0.1, 0.15) is 11.1 Å². The van der Waals surface area contributed by atoms with E-state index < -0.39 is 11.7 Å². The predicted octanol–water partition coefficient (Wildman–Crippen LogP) is 2.68. The predicted molar refractivity (Wildman–Crippen MR) is 42.8 cm³/mol. The van der Waals surface area contributed by atoms with Gasteiger partial charge < -0.3 is 0 Å². The van der Waals surface area contributed by atoms with E-state index in [1.165, 1.54) is 12.1 Å². The fraction of sp³-hybridized carbons (Fsp3) is 0.200. The Hall–Kier alpha value is -1.43. The molecule has 1 radical (unpaired) electrons. The van der Waals surface area contributed by atoms with Gasteiger partial charge in [-0.2, -0.15) is 13.2 Å². The fourth-order valence-corrected chi connectivity index (χ4v) is 0.991. The lowest BCUT2D eigenvalue weighted by molar-refractivity contribution is -0.138. The van der Waals surface area contributed by atoms with E-state index in [0.717, 1.165) is 6.07 Å². The molecule has 0 fully saturated rings. The second-order valence-electron chi connectivity index (χ2n) is 2.46. The molecule has 0 amide bonds. The van der Waals surface area contributed by atoms with Crippen LogP contribution in [0.25, 0.3) is 0 Å². The average Bonchev–Trinajstić information content (AvgIpc) is 2.04. The SMILES string of the molecule is C#CCc1cc[c]cc1C(F)(F)F. The Bertz CT molecular complexity index is 331. The van der Waals surface area contributed by atoms with Gasteiger partial charge in [0, 0.05) is 6.42 Å². The lowest BCUT2D eigenvalue weighted by Crippen LogP contribution is -2.08. The topological polar surface area (TPSA) is 0 Å². The van der Waals surface area contributed by atoms with Crippen molar-refractivity contribution in [3.05, 3.63) is 35.4 Å². The Morgan fingerprint density at radius 1 is 1.46 bits per heavy atom. The molecule has 0 spiro atoms. The fourth-order valence-electron chi connectivity index (χ4n) is 0.991. The maximum Gasteiger partial charge on any atom is 0.416 e. The van der Waals surface area contributed by atoms with Gasteiger partial charge in [0.25, 0.3) is 0 Å². The van der Waals surface area contributed by atoms with Crippen LogP contribution in [-0.2, 0) is 12.6 Å². The number of benzene rings is 1. The number of alkyl halides is 3. The molecule has 0 N–H and O–H groups in total. The number of halogens is 3. The Balaban J connectivity index is 3.14. The van der Waals surface area contributed by atoms with E-state index >= 15 is 0 Å². The summed E-state index contributed by atoms with van der Waals surface area (Å²) in [5, 5.41) is 0. The van der Waals surface area contributed by atoms with Crippen LogP contribution >= 0.6 is 0 Å². The van der Waals surface area contributed by atoms with Crippen molar-refractivity contribution in [3.8, 4) is 12.3 Å². The molecule has 67 valence electrons. The first-order valence-electron chi connectivity index (χ1n) is 3.55. The van der Waals surface area contributed by atoms with Crippen molar-refractivity contribution in [2.75, 3.05) is 0 Å². The highest BCUT2D eigenvalue weighted by molar-refractivity contribution is 5.31. The molecule has 0 atom stereocenters. The number of terminal acetylenes is 1. The average molecular weight is 183 g/mol. The summed E-state index contributed by atoms with van der Waals surface area (Å²) in [6.45, 7) is 0. The summed E-state index contributed by atoms with van der Waals surface area (Å²) in [5.74, 6) is 2.18. The van der Waals surface area contributed by atoms with Crippen LogP contribution in [0.2, 0.25) is 0 Å². The molecule has 0 bridgehead atoms. The summed E-state index contributed by atoms with van der Waals surface area (Å²) >= 11 is 0. The van der Waals surface area contributed by atoms with Crippen LogP contribution < -0.4 is 0 Å². The molecule has 0 heterocycles. The van der Waals surface area contributed by atoms with Crippen molar-refractivity contribution in [3.63, 3.8) is 0 Å². The largest absolute Gasteiger partial charge is 0.416 e. The Labute approximate surface area is 74.4 Å². The van der Waals surface area contributed by atoms with Crippen LogP contribution in [0, 0.1) is 18.4 Å². The van der Waals surface area contributed by atoms with Gasteiger partial charge >= 0.3 is 6.18 Å². The zero-order chi connectivity index (χ0) is 9.90. The van der Waals surface area contributed by atoms with E-state index in [2.05, 4.69) is 12.0 Å². The van der Waals surface area contributed by atoms with Gasteiger partial charge in [-0.05, 0) is 17.7 Å². The molecule has 0 unspecified atom stereocenters. The van der Waals surface area contributed by atoms with Gasteiger partial charge in [0.15, 0.2) is 0 Å². The number of hydrogen-bond acceptors (Lipinski definition) is 0. The monoisotopic (exact) mass is 183 g/mol. The lowest BCUT2D eigenvalue weighted by Gasteiger charge is -2.09. The molecule has 1 aromatic carbocycles. The van der Waals surface area contributed by atoms with Gasteiger partial charge in [-0.15, -0.1) is 12.3 Å². The van der Waals surface area contributed by atoms with E-state index in [9.17, 15) is 13.2 Å². The van der Waals surface area contributed by atoms with E-state index in [0.29, 0.717) is 0 Å². The molecular weight excluding hydrogens is 177 g/mol. The van der Waals surface area contributed by atoms with Crippen molar-refractivity contribution in [2.45, 2.75) is 12.6 Å². The smallest absolute Gasteiger partial charge is 0.166 e. The summed E-state index contributed by atoms with van der Waals surface area (Å²) in [6.07, 6.45) is 0.591. The highest BCUT2D eigenvalue weighted by atomic mass is 19.4. The highest BCUT2D eigenvalue weighted by Gasteiger charge is 2.32. The zero-order valence-corrected chi connectivity index (χ0v) is 6.65. The van der Waals surface area contributed by atoms with Gasteiger partial charge in [-0.3, -0.25) is 0 Å². The summed E-state index contributed by atoms with van der Waals surface area (Å²) in [7, 11) is 0. The molecule has 3 heteroatoms. The molecule has 0 aliphatic heterocycles. The van der Waals surface area contributed by atoms with Crippen molar-refractivity contribution < 1.29 is 13.2 Å². The molecule has 0 aliphatic rings. The first-order chi connectivity index (χ1) is 6.05.